The third kappa shape index (κ3) is 1.62. The van der Waals surface area contributed by atoms with Crippen LogP contribution in [0.25, 0.3) is 0 Å². The summed E-state index contributed by atoms with van der Waals surface area (Å²) in [5.74, 6) is -0.449. The molecular weight excluding hydrogens is 259 g/mol. The smallest absolute Gasteiger partial charge is 0.171 e. The lowest BCUT2D eigenvalue weighted by Crippen LogP contribution is -1.82. The SMILES string of the molecule is O=Cc1cc(O)c(O)c(I)c1. The predicted molar refractivity (Wildman–Crippen MR) is 47.9 cm³/mol. The van der Waals surface area contributed by atoms with Crippen LogP contribution in [0.2, 0.25) is 0 Å². The highest BCUT2D eigenvalue weighted by molar-refractivity contribution is 14.1. The van der Waals surface area contributed by atoms with Gasteiger partial charge in [0.1, 0.15) is 6.29 Å². The molecule has 0 aliphatic carbocycles. The Morgan fingerprint density at radius 2 is 2.00 bits per heavy atom. The zero-order chi connectivity index (χ0) is 8.43. The number of phenols is 2. The van der Waals surface area contributed by atoms with Crippen molar-refractivity contribution in [3.8, 4) is 11.5 Å². The number of benzene rings is 1. The highest BCUT2D eigenvalue weighted by Crippen LogP contribution is 2.30. The van der Waals surface area contributed by atoms with Crippen LogP contribution in [0.1, 0.15) is 10.4 Å². The van der Waals surface area contributed by atoms with Gasteiger partial charge in [0.25, 0.3) is 0 Å². The van der Waals surface area contributed by atoms with Crippen LogP contribution < -0.4 is 0 Å². The molecule has 0 saturated carbocycles. The number of carbonyl (C=O) groups is 1. The van der Waals surface area contributed by atoms with E-state index in [2.05, 4.69) is 0 Å². The van der Waals surface area contributed by atoms with Gasteiger partial charge in [-0.2, -0.15) is 0 Å². The van der Waals surface area contributed by atoms with Gasteiger partial charge in [0.05, 0.1) is 3.57 Å². The third-order valence-electron chi connectivity index (χ3n) is 1.20. The van der Waals surface area contributed by atoms with E-state index in [1.54, 1.807) is 0 Å². The maximum absolute atomic E-state index is 10.2. The molecule has 0 aliphatic rings. The van der Waals surface area contributed by atoms with Crippen LogP contribution in [-0.4, -0.2) is 16.5 Å². The summed E-state index contributed by atoms with van der Waals surface area (Å²) in [5, 5.41) is 18.1. The number of rotatable bonds is 1. The number of aldehydes is 1. The molecule has 0 bridgehead atoms. The first-order chi connectivity index (χ1) is 5.15. The van der Waals surface area contributed by atoms with Crippen LogP contribution in [0.5, 0.6) is 11.5 Å². The normalized spacial score (nSPS) is 9.55. The van der Waals surface area contributed by atoms with Crippen LogP contribution >= 0.6 is 22.6 Å². The van der Waals surface area contributed by atoms with Crippen molar-refractivity contribution in [3.63, 3.8) is 0 Å². The van der Waals surface area contributed by atoms with E-state index in [0.29, 0.717) is 15.4 Å². The lowest BCUT2D eigenvalue weighted by atomic mass is 10.2. The molecule has 4 heteroatoms. The average molecular weight is 264 g/mol. The van der Waals surface area contributed by atoms with Crippen LogP contribution in [0.3, 0.4) is 0 Å². The van der Waals surface area contributed by atoms with Gasteiger partial charge in [-0.25, -0.2) is 0 Å². The maximum atomic E-state index is 10.2. The molecule has 0 atom stereocenters. The van der Waals surface area contributed by atoms with Gasteiger partial charge in [-0.15, -0.1) is 0 Å². The second-order valence-electron chi connectivity index (χ2n) is 1.99. The van der Waals surface area contributed by atoms with Crippen molar-refractivity contribution in [2.45, 2.75) is 0 Å². The Kier molecular flexibility index (Phi) is 2.33. The minimum absolute atomic E-state index is 0.184. The molecular formula is C7H5IO3. The van der Waals surface area contributed by atoms with Crippen LogP contribution in [-0.2, 0) is 0 Å². The lowest BCUT2D eigenvalue weighted by Gasteiger charge is -1.99. The molecule has 1 aromatic carbocycles. The molecule has 1 aromatic rings. The molecule has 0 aliphatic heterocycles. The summed E-state index contributed by atoms with van der Waals surface area (Å²) in [6.07, 6.45) is 0.612. The number of aromatic hydroxyl groups is 2. The van der Waals surface area contributed by atoms with Gasteiger partial charge in [0.2, 0.25) is 0 Å². The van der Waals surface area contributed by atoms with Gasteiger partial charge >= 0.3 is 0 Å². The maximum Gasteiger partial charge on any atom is 0.171 e. The second-order valence-corrected chi connectivity index (χ2v) is 3.15. The van der Waals surface area contributed by atoms with E-state index < -0.39 is 0 Å². The highest BCUT2D eigenvalue weighted by atomic mass is 127. The first-order valence-corrected chi connectivity index (χ1v) is 3.89. The molecule has 2 N–H and O–H groups in total. The standard InChI is InChI=1S/C7H5IO3/c8-5-1-4(3-9)2-6(10)7(5)11/h1-3,10-11H. The van der Waals surface area contributed by atoms with Crippen LogP contribution in [0, 0.1) is 3.57 Å². The van der Waals surface area contributed by atoms with Crippen LogP contribution in [0.4, 0.5) is 0 Å². The fourth-order valence-electron chi connectivity index (χ4n) is 0.673. The highest BCUT2D eigenvalue weighted by Gasteiger charge is 2.05. The van der Waals surface area contributed by atoms with Crippen molar-refractivity contribution in [2.24, 2.45) is 0 Å². The molecule has 3 nitrogen and oxygen atoms in total. The van der Waals surface area contributed by atoms with Gasteiger partial charge in [-0.1, -0.05) is 0 Å². The Labute approximate surface area is 76.8 Å². The lowest BCUT2D eigenvalue weighted by molar-refractivity contribution is 0.112. The minimum Gasteiger partial charge on any atom is -0.504 e. The van der Waals surface area contributed by atoms with Gasteiger partial charge in [0.15, 0.2) is 11.5 Å². The molecule has 0 spiro atoms. The molecule has 0 fully saturated rings. The summed E-state index contributed by atoms with van der Waals surface area (Å²) in [5.41, 5.74) is 0.352. The Morgan fingerprint density at radius 1 is 1.36 bits per heavy atom. The number of halogens is 1. The van der Waals surface area contributed by atoms with E-state index in [1.807, 2.05) is 22.6 Å². The molecule has 11 heavy (non-hydrogen) atoms. The topological polar surface area (TPSA) is 57.5 Å². The van der Waals surface area contributed by atoms with E-state index in [0.717, 1.165) is 0 Å². The number of hydrogen-bond donors (Lipinski definition) is 2. The summed E-state index contributed by atoms with van der Waals surface area (Å²) in [7, 11) is 0. The fourth-order valence-corrected chi connectivity index (χ4v) is 1.31. The summed E-state index contributed by atoms with van der Waals surface area (Å²) in [6, 6.07) is 2.70. The molecule has 0 aromatic heterocycles. The molecule has 58 valence electrons. The molecule has 0 heterocycles. The van der Waals surface area contributed by atoms with Crippen molar-refractivity contribution in [1.29, 1.82) is 0 Å². The van der Waals surface area contributed by atoms with E-state index in [-0.39, 0.29) is 11.5 Å². The molecule has 0 amide bonds. The van der Waals surface area contributed by atoms with Crippen molar-refractivity contribution in [2.75, 3.05) is 0 Å². The zero-order valence-corrected chi connectivity index (χ0v) is 7.57. The van der Waals surface area contributed by atoms with E-state index in [1.165, 1.54) is 12.1 Å². The monoisotopic (exact) mass is 264 g/mol. The second kappa shape index (κ2) is 3.08. The molecule has 1 rings (SSSR count). The molecule has 0 unspecified atom stereocenters. The first kappa shape index (κ1) is 8.32. The Morgan fingerprint density at radius 3 is 2.45 bits per heavy atom. The zero-order valence-electron chi connectivity index (χ0n) is 5.41. The summed E-state index contributed by atoms with van der Waals surface area (Å²) in [6.45, 7) is 0. The number of carbonyl (C=O) groups excluding carboxylic acids is 1. The van der Waals surface area contributed by atoms with E-state index in [4.69, 9.17) is 10.2 Å². The van der Waals surface area contributed by atoms with Crippen molar-refractivity contribution >= 4 is 28.9 Å². The minimum atomic E-state index is -0.265. The number of hydrogen-bond acceptors (Lipinski definition) is 3. The van der Waals surface area contributed by atoms with Gasteiger partial charge in [-0.3, -0.25) is 4.79 Å². The van der Waals surface area contributed by atoms with Crippen molar-refractivity contribution in [1.82, 2.24) is 0 Å². The van der Waals surface area contributed by atoms with E-state index in [9.17, 15) is 4.79 Å². The van der Waals surface area contributed by atoms with Gasteiger partial charge in [0, 0.05) is 5.56 Å². The van der Waals surface area contributed by atoms with Crippen molar-refractivity contribution in [3.05, 3.63) is 21.3 Å². The summed E-state index contributed by atoms with van der Waals surface area (Å²) >= 11 is 1.83. The van der Waals surface area contributed by atoms with Gasteiger partial charge < -0.3 is 10.2 Å². The molecule has 0 saturated heterocycles. The summed E-state index contributed by atoms with van der Waals surface area (Å²) in [4.78, 5) is 10.2. The van der Waals surface area contributed by atoms with E-state index >= 15 is 0 Å². The quantitative estimate of drug-likeness (QED) is 0.459. The third-order valence-corrected chi connectivity index (χ3v) is 2.02. The fraction of sp³-hybridized carbons (Fsp3) is 0. The Hall–Kier alpha value is -0.780. The summed E-state index contributed by atoms with van der Waals surface area (Å²) < 4.78 is 0.463. The van der Waals surface area contributed by atoms with Gasteiger partial charge in [-0.05, 0) is 34.7 Å². The largest absolute Gasteiger partial charge is 0.504 e. The van der Waals surface area contributed by atoms with Crippen LogP contribution in [0.15, 0.2) is 12.1 Å². The predicted octanol–water partition coefficient (Wildman–Crippen LogP) is 1.51. The first-order valence-electron chi connectivity index (χ1n) is 2.82. The molecule has 0 radical (unpaired) electrons. The average Bonchev–Trinajstić information content (AvgIpc) is 1.99. The number of phenolic OH excluding ortho intramolecular Hbond substituents is 2. The Balaban J connectivity index is 3.31. The Bertz CT molecular complexity index is 273. The van der Waals surface area contributed by atoms with Crippen molar-refractivity contribution < 1.29 is 15.0 Å².